The largest absolute Gasteiger partial charge is 0.375 e. The number of fused-ring (bicyclic) bond motifs is 1. The second-order valence-corrected chi connectivity index (χ2v) is 7.38. The van der Waals surface area contributed by atoms with Crippen LogP contribution in [0.3, 0.4) is 0 Å². The fourth-order valence-electron chi connectivity index (χ4n) is 5.27. The molecule has 0 aromatic heterocycles. The first-order chi connectivity index (χ1) is 9.14. The molecule has 2 aliphatic carbocycles. The summed E-state index contributed by atoms with van der Waals surface area (Å²) in [6.45, 7) is 7.65. The van der Waals surface area contributed by atoms with Crippen LogP contribution in [0.4, 0.5) is 0 Å². The first-order valence-electron chi connectivity index (χ1n) is 8.23. The highest BCUT2D eigenvalue weighted by molar-refractivity contribution is 5.03. The van der Waals surface area contributed by atoms with Crippen molar-refractivity contribution >= 4 is 0 Å². The molecule has 1 saturated heterocycles. The highest BCUT2D eigenvalue weighted by atomic mass is 16.5. The van der Waals surface area contributed by atoms with Gasteiger partial charge < -0.3 is 10.5 Å². The van der Waals surface area contributed by atoms with Gasteiger partial charge in [0.1, 0.15) is 0 Å². The Morgan fingerprint density at radius 3 is 2.63 bits per heavy atom. The van der Waals surface area contributed by atoms with E-state index in [1.54, 1.807) is 0 Å². The molecule has 1 aliphatic heterocycles. The van der Waals surface area contributed by atoms with Crippen LogP contribution in [0.5, 0.6) is 0 Å². The Morgan fingerprint density at radius 1 is 1.21 bits per heavy atom. The van der Waals surface area contributed by atoms with Crippen LogP contribution < -0.4 is 5.73 Å². The molecule has 0 aromatic rings. The summed E-state index contributed by atoms with van der Waals surface area (Å²) in [5.41, 5.74) is 6.55. The third-order valence-electron chi connectivity index (χ3n) is 5.73. The van der Waals surface area contributed by atoms with Gasteiger partial charge in [-0.15, -0.1) is 0 Å². The van der Waals surface area contributed by atoms with Crippen LogP contribution in [0.15, 0.2) is 0 Å². The van der Waals surface area contributed by atoms with Crippen molar-refractivity contribution in [1.82, 2.24) is 4.90 Å². The van der Waals surface area contributed by atoms with Crippen LogP contribution >= 0.6 is 0 Å². The van der Waals surface area contributed by atoms with Gasteiger partial charge >= 0.3 is 0 Å². The standard InChI is InChI=1S/C16H30N2O/c1-12-8-13(2)10-16(9-12,11-17)18-6-7-19-15-5-3-4-14(15)18/h12-15H,3-11,17H2,1-2H3. The zero-order chi connectivity index (χ0) is 13.5. The van der Waals surface area contributed by atoms with E-state index in [9.17, 15) is 0 Å². The fraction of sp³-hybridized carbons (Fsp3) is 1.00. The van der Waals surface area contributed by atoms with Crippen LogP contribution in [0.2, 0.25) is 0 Å². The molecule has 3 fully saturated rings. The molecular weight excluding hydrogens is 236 g/mol. The summed E-state index contributed by atoms with van der Waals surface area (Å²) in [6, 6.07) is 0.648. The summed E-state index contributed by atoms with van der Waals surface area (Å²) in [4.78, 5) is 2.78. The number of ether oxygens (including phenoxy) is 1. The minimum Gasteiger partial charge on any atom is -0.375 e. The molecular formula is C16H30N2O. The Labute approximate surface area is 117 Å². The Kier molecular flexibility index (Phi) is 3.89. The van der Waals surface area contributed by atoms with Crippen molar-refractivity contribution in [1.29, 1.82) is 0 Å². The van der Waals surface area contributed by atoms with Crippen molar-refractivity contribution in [2.45, 2.75) is 70.1 Å². The second kappa shape index (κ2) is 5.34. The molecule has 0 spiro atoms. The average Bonchev–Trinajstić information content (AvgIpc) is 2.85. The second-order valence-electron chi connectivity index (χ2n) is 7.38. The highest BCUT2D eigenvalue weighted by Crippen LogP contribution is 2.43. The van der Waals surface area contributed by atoms with Crippen molar-refractivity contribution in [3.05, 3.63) is 0 Å². The zero-order valence-corrected chi connectivity index (χ0v) is 12.6. The number of hydrogen-bond donors (Lipinski definition) is 1. The molecule has 3 heteroatoms. The Morgan fingerprint density at radius 2 is 1.95 bits per heavy atom. The maximum absolute atomic E-state index is 6.29. The number of nitrogens with two attached hydrogens (primary N) is 1. The maximum atomic E-state index is 6.29. The summed E-state index contributed by atoms with van der Waals surface area (Å²) in [6.07, 6.45) is 8.35. The van der Waals surface area contributed by atoms with Crippen LogP contribution in [-0.4, -0.2) is 42.3 Å². The first-order valence-corrected chi connectivity index (χ1v) is 8.23. The molecule has 110 valence electrons. The molecule has 4 unspecified atom stereocenters. The van der Waals surface area contributed by atoms with E-state index in [1.807, 2.05) is 0 Å². The minimum atomic E-state index is 0.258. The molecule has 3 rings (SSSR count). The van der Waals surface area contributed by atoms with Gasteiger partial charge in [-0.2, -0.15) is 0 Å². The van der Waals surface area contributed by atoms with Gasteiger partial charge in [0.25, 0.3) is 0 Å². The van der Waals surface area contributed by atoms with Gasteiger partial charge in [-0.05, 0) is 50.4 Å². The zero-order valence-electron chi connectivity index (χ0n) is 12.6. The van der Waals surface area contributed by atoms with Gasteiger partial charge in [0.2, 0.25) is 0 Å². The molecule has 19 heavy (non-hydrogen) atoms. The third kappa shape index (κ3) is 2.45. The molecule has 3 nitrogen and oxygen atoms in total. The fourth-order valence-corrected chi connectivity index (χ4v) is 5.27. The van der Waals surface area contributed by atoms with E-state index in [0.29, 0.717) is 12.1 Å². The van der Waals surface area contributed by atoms with E-state index in [0.717, 1.165) is 31.5 Å². The van der Waals surface area contributed by atoms with Gasteiger partial charge in [-0.1, -0.05) is 13.8 Å². The van der Waals surface area contributed by atoms with E-state index in [4.69, 9.17) is 10.5 Å². The number of nitrogens with zero attached hydrogens (tertiary/aromatic N) is 1. The minimum absolute atomic E-state index is 0.258. The molecule has 0 amide bonds. The molecule has 0 bridgehead atoms. The smallest absolute Gasteiger partial charge is 0.0731 e. The van der Waals surface area contributed by atoms with Crippen molar-refractivity contribution in [2.75, 3.05) is 19.7 Å². The summed E-state index contributed by atoms with van der Waals surface area (Å²) < 4.78 is 5.98. The van der Waals surface area contributed by atoms with Crippen molar-refractivity contribution < 1.29 is 4.74 Å². The van der Waals surface area contributed by atoms with E-state index in [-0.39, 0.29) is 5.54 Å². The van der Waals surface area contributed by atoms with Gasteiger partial charge in [-0.25, -0.2) is 0 Å². The lowest BCUT2D eigenvalue weighted by atomic mass is 9.70. The number of hydrogen-bond acceptors (Lipinski definition) is 3. The summed E-state index contributed by atoms with van der Waals surface area (Å²) in [5, 5.41) is 0. The van der Waals surface area contributed by atoms with Gasteiger partial charge in [0.05, 0.1) is 12.7 Å². The molecule has 2 N–H and O–H groups in total. The highest BCUT2D eigenvalue weighted by Gasteiger charge is 2.48. The summed E-state index contributed by atoms with van der Waals surface area (Å²) in [7, 11) is 0. The monoisotopic (exact) mass is 266 g/mol. The lowest BCUT2D eigenvalue weighted by Gasteiger charge is -2.54. The van der Waals surface area contributed by atoms with Crippen molar-refractivity contribution in [2.24, 2.45) is 17.6 Å². The Bertz CT molecular complexity index is 310. The predicted octanol–water partition coefficient (Wildman–Crippen LogP) is 2.39. The van der Waals surface area contributed by atoms with Crippen LogP contribution in [-0.2, 0) is 4.74 Å². The van der Waals surface area contributed by atoms with E-state index < -0.39 is 0 Å². The predicted molar refractivity (Wildman–Crippen MR) is 78.0 cm³/mol. The van der Waals surface area contributed by atoms with Crippen molar-refractivity contribution in [3.8, 4) is 0 Å². The molecule has 0 radical (unpaired) electrons. The lowest BCUT2D eigenvalue weighted by Crippen LogP contribution is -2.64. The number of morpholine rings is 1. The van der Waals surface area contributed by atoms with Gasteiger partial charge in [0.15, 0.2) is 0 Å². The van der Waals surface area contributed by atoms with Crippen LogP contribution in [0.1, 0.15) is 52.4 Å². The van der Waals surface area contributed by atoms with E-state index in [1.165, 1.54) is 38.5 Å². The molecule has 1 heterocycles. The Balaban J connectivity index is 1.83. The normalized spacial score (nSPS) is 48.2. The molecule has 3 aliphatic rings. The lowest BCUT2D eigenvalue weighted by molar-refractivity contribution is -0.115. The molecule has 4 atom stereocenters. The topological polar surface area (TPSA) is 38.5 Å². The molecule has 0 aromatic carbocycles. The van der Waals surface area contributed by atoms with Gasteiger partial charge in [-0.3, -0.25) is 4.90 Å². The SMILES string of the molecule is CC1CC(C)CC(CN)(N2CCOC3CCCC32)C1. The van der Waals surface area contributed by atoms with Crippen LogP contribution in [0, 0.1) is 11.8 Å². The first kappa shape index (κ1) is 13.8. The van der Waals surface area contributed by atoms with Crippen molar-refractivity contribution in [3.63, 3.8) is 0 Å². The van der Waals surface area contributed by atoms with Crippen LogP contribution in [0.25, 0.3) is 0 Å². The third-order valence-corrected chi connectivity index (χ3v) is 5.73. The Hall–Kier alpha value is -0.120. The van der Waals surface area contributed by atoms with E-state index >= 15 is 0 Å². The summed E-state index contributed by atoms with van der Waals surface area (Å²) in [5.74, 6) is 1.63. The quantitative estimate of drug-likeness (QED) is 0.834. The number of rotatable bonds is 2. The summed E-state index contributed by atoms with van der Waals surface area (Å²) >= 11 is 0. The average molecular weight is 266 g/mol. The van der Waals surface area contributed by atoms with Gasteiger partial charge in [0, 0.05) is 24.7 Å². The molecule has 2 saturated carbocycles. The maximum Gasteiger partial charge on any atom is 0.0731 e. The van der Waals surface area contributed by atoms with E-state index in [2.05, 4.69) is 18.7 Å².